The van der Waals surface area contributed by atoms with Gasteiger partial charge in [-0.3, -0.25) is 10.1 Å². The maximum absolute atomic E-state index is 12.7. The normalized spacial score (nSPS) is 13.3. The van der Waals surface area contributed by atoms with E-state index < -0.39 is 15.9 Å². The molecule has 8 heteroatoms. The number of hydrogen-bond acceptors (Lipinski definition) is 6. The van der Waals surface area contributed by atoms with Crippen molar-refractivity contribution in [2.24, 2.45) is 5.92 Å². The number of sulfone groups is 1. The Morgan fingerprint density at radius 2 is 1.62 bits per heavy atom. The molecule has 1 amide bonds. The van der Waals surface area contributed by atoms with Crippen molar-refractivity contribution in [2.45, 2.75) is 37.2 Å². The molecule has 0 fully saturated rings. The Bertz CT molecular complexity index is 1230. The predicted octanol–water partition coefficient (Wildman–Crippen LogP) is 4.08. The number of furan rings is 1. The largest absolute Gasteiger partial charge is 0.472 e. The van der Waals surface area contributed by atoms with Crippen molar-refractivity contribution >= 4 is 15.7 Å². The zero-order valence-electron chi connectivity index (χ0n) is 19.5. The average Bonchev–Trinajstić information content (AvgIpc) is 3.34. The minimum absolute atomic E-state index is 0.0433. The smallest absolute Gasteiger partial charge is 0.237 e. The van der Waals surface area contributed by atoms with E-state index in [2.05, 4.69) is 10.6 Å². The van der Waals surface area contributed by atoms with Crippen LogP contribution in [0.2, 0.25) is 0 Å². The average molecular weight is 480 g/mol. The van der Waals surface area contributed by atoms with Gasteiger partial charge in [0.1, 0.15) is 6.54 Å². The van der Waals surface area contributed by atoms with Crippen LogP contribution in [0.15, 0.2) is 76.4 Å². The molecule has 2 N–H and O–H groups in total. The van der Waals surface area contributed by atoms with Gasteiger partial charge in [-0.1, -0.05) is 50.2 Å². The van der Waals surface area contributed by atoms with Gasteiger partial charge in [-0.15, -0.1) is 0 Å². The highest BCUT2D eigenvalue weighted by Gasteiger charge is 2.25. The molecule has 0 unspecified atom stereocenters. The van der Waals surface area contributed by atoms with E-state index in [9.17, 15) is 13.2 Å². The third-order valence-electron chi connectivity index (χ3n) is 5.47. The van der Waals surface area contributed by atoms with Crippen molar-refractivity contribution < 1.29 is 17.6 Å². The number of nitrogens with zero attached hydrogens (tertiary/aromatic N) is 1. The Morgan fingerprint density at radius 3 is 2.12 bits per heavy atom. The van der Waals surface area contributed by atoms with E-state index >= 15 is 0 Å². The lowest BCUT2D eigenvalue weighted by molar-refractivity contribution is -0.123. The van der Waals surface area contributed by atoms with Gasteiger partial charge in [0.15, 0.2) is 9.84 Å². The molecule has 0 saturated carbocycles. The summed E-state index contributed by atoms with van der Waals surface area (Å²) in [6, 6.07) is 17.7. The lowest BCUT2D eigenvalue weighted by atomic mass is 9.95. The number of nitriles is 1. The van der Waals surface area contributed by atoms with Crippen LogP contribution in [0.3, 0.4) is 0 Å². The van der Waals surface area contributed by atoms with E-state index in [1.165, 1.54) is 6.26 Å². The van der Waals surface area contributed by atoms with Gasteiger partial charge in [-0.2, -0.15) is 5.26 Å². The molecule has 0 bridgehead atoms. The molecule has 0 radical (unpaired) electrons. The van der Waals surface area contributed by atoms with Crippen LogP contribution in [0.4, 0.5) is 0 Å². The molecule has 7 nitrogen and oxygen atoms in total. The minimum atomic E-state index is -3.25. The third kappa shape index (κ3) is 6.56. The number of carbonyl (C=O) groups is 1. The van der Waals surface area contributed by atoms with Crippen molar-refractivity contribution in [3.8, 4) is 17.2 Å². The van der Waals surface area contributed by atoms with Crippen LogP contribution in [-0.2, 0) is 14.6 Å². The summed E-state index contributed by atoms with van der Waals surface area (Å²) in [4.78, 5) is 13.0. The van der Waals surface area contributed by atoms with E-state index in [-0.39, 0.29) is 29.3 Å². The molecule has 0 aliphatic rings. The molecule has 2 aromatic carbocycles. The van der Waals surface area contributed by atoms with Crippen LogP contribution in [-0.4, -0.2) is 33.2 Å². The Labute approximate surface area is 200 Å². The Morgan fingerprint density at radius 1 is 1.00 bits per heavy atom. The highest BCUT2D eigenvalue weighted by molar-refractivity contribution is 7.90. The summed E-state index contributed by atoms with van der Waals surface area (Å²) in [5, 5.41) is 14.9. The summed E-state index contributed by atoms with van der Waals surface area (Å²) in [6.07, 6.45) is 5.04. The zero-order valence-corrected chi connectivity index (χ0v) is 20.3. The highest BCUT2D eigenvalue weighted by Crippen LogP contribution is 2.28. The molecule has 3 aromatic rings. The Kier molecular flexibility index (Phi) is 8.26. The maximum atomic E-state index is 12.7. The van der Waals surface area contributed by atoms with Crippen LogP contribution in [0, 0.1) is 17.2 Å². The van der Waals surface area contributed by atoms with E-state index in [4.69, 9.17) is 9.68 Å². The summed E-state index contributed by atoms with van der Waals surface area (Å²) in [5.41, 5.74) is 3.67. The number of benzene rings is 2. The Hall–Kier alpha value is -3.41. The first-order chi connectivity index (χ1) is 16.2. The molecule has 178 valence electrons. The third-order valence-corrected chi connectivity index (χ3v) is 6.60. The maximum Gasteiger partial charge on any atom is 0.237 e. The first-order valence-corrected chi connectivity index (χ1v) is 12.9. The second kappa shape index (κ2) is 11.1. The molecule has 3 rings (SSSR count). The van der Waals surface area contributed by atoms with Gasteiger partial charge >= 0.3 is 0 Å². The molecule has 0 saturated heterocycles. The van der Waals surface area contributed by atoms with E-state index in [0.717, 1.165) is 22.3 Å². The number of hydrogen-bond donors (Lipinski definition) is 2. The lowest BCUT2D eigenvalue weighted by Gasteiger charge is -2.26. The van der Waals surface area contributed by atoms with Crippen LogP contribution in [0.25, 0.3) is 11.1 Å². The van der Waals surface area contributed by atoms with E-state index in [1.807, 2.05) is 50.2 Å². The molecule has 1 aromatic heterocycles. The van der Waals surface area contributed by atoms with Crippen LogP contribution in [0.1, 0.15) is 37.4 Å². The van der Waals surface area contributed by atoms with Crippen LogP contribution in [0.5, 0.6) is 0 Å². The molecule has 2 atom stereocenters. The summed E-state index contributed by atoms with van der Waals surface area (Å²) in [6.45, 7) is 4.05. The van der Waals surface area contributed by atoms with Gasteiger partial charge in [0.05, 0.1) is 35.6 Å². The van der Waals surface area contributed by atoms with Crippen molar-refractivity contribution in [3.63, 3.8) is 0 Å². The SMILES string of the molecule is CC(C)C[C@H](N[C@@H](c1ccc(-c2ccc(S(C)(=O)=O)cc2)cc1)c1ccoc1)C(=O)NCC#N. The summed E-state index contributed by atoms with van der Waals surface area (Å²) >= 11 is 0. The van der Waals surface area contributed by atoms with Crippen LogP contribution >= 0.6 is 0 Å². The highest BCUT2D eigenvalue weighted by atomic mass is 32.2. The predicted molar refractivity (Wildman–Crippen MR) is 131 cm³/mol. The van der Waals surface area contributed by atoms with Gasteiger partial charge in [0.25, 0.3) is 0 Å². The molecule has 0 aliphatic heterocycles. The minimum Gasteiger partial charge on any atom is -0.472 e. The van der Waals surface area contributed by atoms with Gasteiger partial charge in [-0.05, 0) is 47.2 Å². The molecular weight excluding hydrogens is 450 g/mol. The van der Waals surface area contributed by atoms with Crippen molar-refractivity contribution in [1.29, 1.82) is 5.26 Å². The van der Waals surface area contributed by atoms with Gasteiger partial charge in [0, 0.05) is 11.8 Å². The molecule has 34 heavy (non-hydrogen) atoms. The summed E-state index contributed by atoms with van der Waals surface area (Å²) in [5.74, 6) is 0.0546. The molecule has 0 spiro atoms. The number of nitrogens with one attached hydrogen (secondary N) is 2. The zero-order chi connectivity index (χ0) is 24.7. The summed E-state index contributed by atoms with van der Waals surface area (Å²) < 4.78 is 28.7. The number of carbonyl (C=O) groups excluding carboxylic acids is 1. The standard InChI is InChI=1S/C26H29N3O4S/c1-18(2)16-24(26(30)28-14-13-27)29-25(22-12-15-33-17-22)21-6-4-19(5-7-21)20-8-10-23(11-9-20)34(3,31)32/h4-12,15,17-18,24-25,29H,14,16H2,1-3H3,(H,28,30)/t24-,25-/m0/s1. The second-order valence-corrected chi connectivity index (χ2v) is 10.6. The number of rotatable bonds is 10. The van der Waals surface area contributed by atoms with Crippen LogP contribution < -0.4 is 10.6 Å². The first-order valence-electron chi connectivity index (χ1n) is 11.0. The summed E-state index contributed by atoms with van der Waals surface area (Å²) in [7, 11) is -3.25. The van der Waals surface area contributed by atoms with Crippen molar-refractivity contribution in [1.82, 2.24) is 10.6 Å². The fraction of sp³-hybridized carbons (Fsp3) is 0.308. The van der Waals surface area contributed by atoms with E-state index in [1.54, 1.807) is 36.8 Å². The molecule has 1 heterocycles. The van der Waals surface area contributed by atoms with Crippen molar-refractivity contribution in [3.05, 3.63) is 78.3 Å². The quantitative estimate of drug-likeness (QED) is 0.424. The van der Waals surface area contributed by atoms with Gasteiger partial charge in [0.2, 0.25) is 5.91 Å². The second-order valence-electron chi connectivity index (χ2n) is 8.63. The lowest BCUT2D eigenvalue weighted by Crippen LogP contribution is -2.46. The fourth-order valence-electron chi connectivity index (χ4n) is 3.76. The molecule has 0 aliphatic carbocycles. The van der Waals surface area contributed by atoms with Crippen molar-refractivity contribution in [2.75, 3.05) is 12.8 Å². The fourth-order valence-corrected chi connectivity index (χ4v) is 4.39. The first kappa shape index (κ1) is 25.2. The number of amides is 1. The molecular formula is C26H29N3O4S. The monoisotopic (exact) mass is 479 g/mol. The topological polar surface area (TPSA) is 112 Å². The van der Waals surface area contributed by atoms with Gasteiger partial charge < -0.3 is 9.73 Å². The Balaban J connectivity index is 1.88. The van der Waals surface area contributed by atoms with Gasteiger partial charge in [-0.25, -0.2) is 8.42 Å². The van der Waals surface area contributed by atoms with E-state index in [0.29, 0.717) is 6.42 Å².